The zero-order valence-corrected chi connectivity index (χ0v) is 14.5. The topological polar surface area (TPSA) is 71.5 Å². The summed E-state index contributed by atoms with van der Waals surface area (Å²) in [6.07, 6.45) is 6.84. The number of aromatic nitrogens is 1. The van der Waals surface area contributed by atoms with Crippen LogP contribution in [0, 0.1) is 0 Å². The number of hydrogen-bond acceptors (Lipinski definition) is 5. The minimum absolute atomic E-state index is 0.0598. The molecule has 6 nitrogen and oxygen atoms in total. The monoisotopic (exact) mass is 349 g/mol. The van der Waals surface area contributed by atoms with E-state index in [-0.39, 0.29) is 17.3 Å². The zero-order chi connectivity index (χ0) is 16.8. The standard InChI is InChI=1S/C17H23N3O3S/c21-15(7-9-20-10-11-24-17(20)22)19-12-13-4-3-8-18-16(13)23-14-5-1-2-6-14/h3-4,8,14H,1-2,5-7,9-12H2,(H,19,21). The van der Waals surface area contributed by atoms with E-state index in [1.165, 1.54) is 24.6 Å². The first-order valence-electron chi connectivity index (χ1n) is 8.51. The molecular weight excluding hydrogens is 326 g/mol. The summed E-state index contributed by atoms with van der Waals surface area (Å²) in [4.78, 5) is 29.6. The molecule has 0 aromatic carbocycles. The van der Waals surface area contributed by atoms with Crippen molar-refractivity contribution in [2.24, 2.45) is 0 Å². The molecule has 1 saturated heterocycles. The van der Waals surface area contributed by atoms with Crippen LogP contribution >= 0.6 is 11.8 Å². The predicted octanol–water partition coefficient (Wildman–Crippen LogP) is 2.58. The Kier molecular flexibility index (Phi) is 5.96. The smallest absolute Gasteiger partial charge is 0.281 e. The molecule has 0 unspecified atom stereocenters. The van der Waals surface area contributed by atoms with Crippen molar-refractivity contribution in [2.45, 2.75) is 44.8 Å². The van der Waals surface area contributed by atoms with Crippen molar-refractivity contribution in [1.82, 2.24) is 15.2 Å². The van der Waals surface area contributed by atoms with Crippen LogP contribution in [-0.2, 0) is 11.3 Å². The largest absolute Gasteiger partial charge is 0.474 e. The van der Waals surface area contributed by atoms with E-state index in [2.05, 4.69) is 10.3 Å². The Bertz CT molecular complexity index is 590. The van der Waals surface area contributed by atoms with Crippen molar-refractivity contribution >= 4 is 22.9 Å². The van der Waals surface area contributed by atoms with Crippen LogP contribution in [0.5, 0.6) is 5.88 Å². The summed E-state index contributed by atoms with van der Waals surface area (Å²) in [5.41, 5.74) is 0.894. The number of hydrogen-bond donors (Lipinski definition) is 1. The highest BCUT2D eigenvalue weighted by Gasteiger charge is 2.21. The molecule has 0 spiro atoms. The van der Waals surface area contributed by atoms with Crippen LogP contribution in [0.15, 0.2) is 18.3 Å². The third-order valence-corrected chi connectivity index (χ3v) is 5.25. The highest BCUT2D eigenvalue weighted by molar-refractivity contribution is 8.13. The Balaban J connectivity index is 1.46. The minimum atomic E-state index is -0.0598. The second-order valence-corrected chi connectivity index (χ2v) is 7.17. The normalized spacial score (nSPS) is 18.2. The molecule has 1 aromatic rings. The van der Waals surface area contributed by atoms with Crippen LogP contribution < -0.4 is 10.1 Å². The fraction of sp³-hybridized carbons (Fsp3) is 0.588. The molecule has 0 radical (unpaired) electrons. The average molecular weight is 349 g/mol. The first-order valence-corrected chi connectivity index (χ1v) is 9.50. The SMILES string of the molecule is O=C(CCN1CCSC1=O)NCc1cccnc1OC1CCCC1. The molecule has 130 valence electrons. The molecule has 3 rings (SSSR count). The Hall–Kier alpha value is -1.76. The third-order valence-electron chi connectivity index (χ3n) is 4.36. The Morgan fingerprint density at radius 3 is 3.00 bits per heavy atom. The molecule has 2 fully saturated rings. The Labute approximate surface area is 146 Å². The van der Waals surface area contributed by atoms with Gasteiger partial charge in [-0.3, -0.25) is 9.59 Å². The molecular formula is C17H23N3O3S. The Morgan fingerprint density at radius 2 is 2.25 bits per heavy atom. The molecule has 2 heterocycles. The van der Waals surface area contributed by atoms with Crippen LogP contribution in [0.2, 0.25) is 0 Å². The minimum Gasteiger partial charge on any atom is -0.474 e. The zero-order valence-electron chi connectivity index (χ0n) is 13.7. The number of nitrogens with one attached hydrogen (secondary N) is 1. The van der Waals surface area contributed by atoms with E-state index in [4.69, 9.17) is 4.74 Å². The van der Waals surface area contributed by atoms with Gasteiger partial charge in [0.25, 0.3) is 5.24 Å². The van der Waals surface area contributed by atoms with Crippen LogP contribution in [-0.4, -0.2) is 46.0 Å². The van der Waals surface area contributed by atoms with Gasteiger partial charge in [0.1, 0.15) is 6.10 Å². The summed E-state index contributed by atoms with van der Waals surface area (Å²) >= 11 is 1.31. The maximum absolute atomic E-state index is 12.0. The van der Waals surface area contributed by atoms with Crippen molar-refractivity contribution in [3.63, 3.8) is 0 Å². The van der Waals surface area contributed by atoms with E-state index < -0.39 is 0 Å². The summed E-state index contributed by atoms with van der Waals surface area (Å²) in [5, 5.41) is 2.97. The number of ether oxygens (including phenoxy) is 1. The highest BCUT2D eigenvalue weighted by Crippen LogP contribution is 2.25. The number of thioether (sulfide) groups is 1. The molecule has 1 N–H and O–H groups in total. The van der Waals surface area contributed by atoms with Gasteiger partial charge in [-0.1, -0.05) is 17.8 Å². The predicted molar refractivity (Wildman–Crippen MR) is 93.0 cm³/mol. The van der Waals surface area contributed by atoms with E-state index in [1.54, 1.807) is 11.1 Å². The van der Waals surface area contributed by atoms with Crippen LogP contribution in [0.1, 0.15) is 37.7 Å². The van der Waals surface area contributed by atoms with Gasteiger partial charge in [0.15, 0.2) is 0 Å². The lowest BCUT2D eigenvalue weighted by atomic mass is 10.2. The van der Waals surface area contributed by atoms with E-state index in [9.17, 15) is 9.59 Å². The van der Waals surface area contributed by atoms with Crippen molar-refractivity contribution in [1.29, 1.82) is 0 Å². The molecule has 1 aliphatic carbocycles. The van der Waals surface area contributed by atoms with Crippen LogP contribution in [0.4, 0.5) is 4.79 Å². The van der Waals surface area contributed by atoms with E-state index >= 15 is 0 Å². The maximum Gasteiger partial charge on any atom is 0.281 e. The van der Waals surface area contributed by atoms with E-state index in [0.29, 0.717) is 25.4 Å². The lowest BCUT2D eigenvalue weighted by Crippen LogP contribution is -2.30. The second-order valence-electron chi connectivity index (χ2n) is 6.12. The number of rotatable bonds is 7. The van der Waals surface area contributed by atoms with E-state index in [0.717, 1.165) is 30.7 Å². The fourth-order valence-electron chi connectivity index (χ4n) is 2.98. The fourth-order valence-corrected chi connectivity index (χ4v) is 3.83. The summed E-state index contributed by atoms with van der Waals surface area (Å²) in [5.74, 6) is 1.38. The molecule has 1 saturated carbocycles. The summed E-state index contributed by atoms with van der Waals surface area (Å²) in [6, 6.07) is 3.78. The number of nitrogens with zero attached hydrogens (tertiary/aromatic N) is 2. The van der Waals surface area contributed by atoms with Gasteiger partial charge >= 0.3 is 0 Å². The highest BCUT2D eigenvalue weighted by atomic mass is 32.2. The first kappa shape index (κ1) is 17.1. The average Bonchev–Trinajstić information content (AvgIpc) is 3.24. The van der Waals surface area contributed by atoms with Crippen molar-refractivity contribution in [3.8, 4) is 5.88 Å². The molecule has 24 heavy (non-hydrogen) atoms. The van der Waals surface area contributed by atoms with Gasteiger partial charge in [0.05, 0.1) is 0 Å². The van der Waals surface area contributed by atoms with Crippen LogP contribution in [0.25, 0.3) is 0 Å². The lowest BCUT2D eigenvalue weighted by Gasteiger charge is -2.16. The lowest BCUT2D eigenvalue weighted by molar-refractivity contribution is -0.121. The molecule has 0 bridgehead atoms. The van der Waals surface area contributed by atoms with Crippen molar-refractivity contribution < 1.29 is 14.3 Å². The summed E-state index contributed by atoms with van der Waals surface area (Å²) < 4.78 is 5.98. The number of pyridine rings is 1. The number of carbonyl (C=O) groups is 2. The van der Waals surface area contributed by atoms with Gasteiger partial charge in [-0.25, -0.2) is 4.98 Å². The maximum atomic E-state index is 12.0. The molecule has 1 aliphatic heterocycles. The van der Waals surface area contributed by atoms with Crippen molar-refractivity contribution in [3.05, 3.63) is 23.9 Å². The number of carbonyl (C=O) groups excluding carboxylic acids is 2. The van der Waals surface area contributed by atoms with Gasteiger partial charge in [0, 0.05) is 43.6 Å². The second kappa shape index (κ2) is 8.37. The summed E-state index contributed by atoms with van der Waals surface area (Å²) in [7, 11) is 0. The van der Waals surface area contributed by atoms with Gasteiger partial charge in [0.2, 0.25) is 11.8 Å². The van der Waals surface area contributed by atoms with Crippen molar-refractivity contribution in [2.75, 3.05) is 18.8 Å². The Morgan fingerprint density at radius 1 is 1.42 bits per heavy atom. The van der Waals surface area contributed by atoms with Gasteiger partial charge in [-0.2, -0.15) is 0 Å². The van der Waals surface area contributed by atoms with Gasteiger partial charge < -0.3 is 15.0 Å². The van der Waals surface area contributed by atoms with Gasteiger partial charge in [-0.05, 0) is 31.7 Å². The molecule has 7 heteroatoms. The quantitative estimate of drug-likeness (QED) is 0.819. The summed E-state index contributed by atoms with van der Waals surface area (Å²) in [6.45, 7) is 1.62. The number of amides is 2. The molecule has 0 atom stereocenters. The van der Waals surface area contributed by atoms with Crippen LogP contribution in [0.3, 0.4) is 0 Å². The molecule has 1 aromatic heterocycles. The van der Waals surface area contributed by atoms with E-state index in [1.807, 2.05) is 12.1 Å². The van der Waals surface area contributed by atoms with Gasteiger partial charge in [-0.15, -0.1) is 0 Å². The molecule has 2 amide bonds. The molecule has 2 aliphatic rings. The third kappa shape index (κ3) is 4.63. The first-order chi connectivity index (χ1) is 11.7.